The fourth-order valence-electron chi connectivity index (χ4n) is 4.85. The summed E-state index contributed by atoms with van der Waals surface area (Å²) in [5.74, 6) is -0.361. The molecule has 1 aliphatic heterocycles. The van der Waals surface area contributed by atoms with Crippen LogP contribution in [-0.4, -0.2) is 51.4 Å². The van der Waals surface area contributed by atoms with Gasteiger partial charge in [0, 0.05) is 75.4 Å². The van der Waals surface area contributed by atoms with Crippen molar-refractivity contribution in [3.63, 3.8) is 0 Å². The number of rotatable bonds is 7. The number of pyridine rings is 1. The third kappa shape index (κ3) is 4.09. The van der Waals surface area contributed by atoms with Gasteiger partial charge in [0.25, 0.3) is 11.8 Å². The third-order valence-corrected chi connectivity index (χ3v) is 6.85. The van der Waals surface area contributed by atoms with Crippen LogP contribution in [0, 0.1) is 0 Å². The SMILES string of the molecule is CN(C)c1ccc2cc3ccc(N(C)C)cc3[n+](CCCCN3C(=O)c4ccccc4C3=O)c2c1. The number of aromatic nitrogens is 1. The van der Waals surface area contributed by atoms with Gasteiger partial charge in [0.15, 0.2) is 0 Å². The summed E-state index contributed by atoms with van der Waals surface area (Å²) < 4.78 is 2.38. The van der Waals surface area contributed by atoms with E-state index in [1.165, 1.54) is 26.7 Å². The van der Waals surface area contributed by atoms with E-state index in [1.807, 2.05) is 0 Å². The zero-order valence-corrected chi connectivity index (χ0v) is 20.8. The molecule has 6 nitrogen and oxygen atoms in total. The molecule has 178 valence electrons. The monoisotopic (exact) mass is 467 g/mol. The molecule has 0 atom stereocenters. The lowest BCUT2D eigenvalue weighted by atomic mass is 10.1. The molecular formula is C29H31N4O2+. The molecule has 0 spiro atoms. The number of carbonyl (C=O) groups excluding carboxylic acids is 2. The van der Waals surface area contributed by atoms with Crippen molar-refractivity contribution in [2.45, 2.75) is 19.4 Å². The van der Waals surface area contributed by atoms with Crippen LogP contribution in [0.4, 0.5) is 11.4 Å². The standard InChI is InChI=1S/C29H31N4O2/c1-30(2)22-13-11-20-17-21-12-14-23(31(3)4)19-27(21)32(26(20)18-22)15-7-8-16-33-28(34)24-9-5-6-10-25(24)29(33)35/h5-6,9-14,17-19H,7-8,15-16H2,1-4H3/q+1. The molecule has 0 aliphatic carbocycles. The Hall–Kier alpha value is -3.93. The van der Waals surface area contributed by atoms with Gasteiger partial charge in [0.2, 0.25) is 11.0 Å². The van der Waals surface area contributed by atoms with E-state index in [-0.39, 0.29) is 11.8 Å². The highest BCUT2D eigenvalue weighted by Gasteiger charge is 2.34. The molecular weight excluding hydrogens is 436 g/mol. The molecule has 0 saturated carbocycles. The first-order valence-corrected chi connectivity index (χ1v) is 12.1. The van der Waals surface area contributed by atoms with Gasteiger partial charge >= 0.3 is 0 Å². The quantitative estimate of drug-likeness (QED) is 0.174. The van der Waals surface area contributed by atoms with Crippen LogP contribution in [0.3, 0.4) is 0 Å². The van der Waals surface area contributed by atoms with Gasteiger partial charge in [-0.3, -0.25) is 14.5 Å². The maximum Gasteiger partial charge on any atom is 0.261 e. The van der Waals surface area contributed by atoms with Crippen molar-refractivity contribution < 1.29 is 14.2 Å². The number of hydrogen-bond acceptors (Lipinski definition) is 4. The van der Waals surface area contributed by atoms with Crippen molar-refractivity contribution in [1.29, 1.82) is 0 Å². The molecule has 1 aliphatic rings. The number of carbonyl (C=O) groups is 2. The highest BCUT2D eigenvalue weighted by atomic mass is 16.2. The smallest absolute Gasteiger partial charge is 0.261 e. The van der Waals surface area contributed by atoms with E-state index >= 15 is 0 Å². The molecule has 6 heteroatoms. The largest absolute Gasteiger partial charge is 0.377 e. The lowest BCUT2D eigenvalue weighted by Gasteiger charge is -2.16. The van der Waals surface area contributed by atoms with E-state index in [0.717, 1.165) is 30.8 Å². The van der Waals surface area contributed by atoms with Crippen LogP contribution in [0.15, 0.2) is 66.7 Å². The minimum Gasteiger partial charge on any atom is -0.377 e. The zero-order valence-electron chi connectivity index (χ0n) is 20.8. The van der Waals surface area contributed by atoms with Gasteiger partial charge in [-0.25, -0.2) is 0 Å². The van der Waals surface area contributed by atoms with Crippen LogP contribution in [0.25, 0.3) is 21.8 Å². The number of imide groups is 1. The average molecular weight is 468 g/mol. The highest BCUT2D eigenvalue weighted by Crippen LogP contribution is 2.26. The van der Waals surface area contributed by atoms with Gasteiger partial charge in [-0.15, -0.1) is 0 Å². The molecule has 0 radical (unpaired) electrons. The summed E-state index contributed by atoms with van der Waals surface area (Å²) in [4.78, 5) is 31.1. The molecule has 35 heavy (non-hydrogen) atoms. The number of hydrogen-bond donors (Lipinski definition) is 0. The van der Waals surface area contributed by atoms with Gasteiger partial charge in [-0.05, 0) is 48.9 Å². The van der Waals surface area contributed by atoms with Crippen molar-refractivity contribution in [3.8, 4) is 0 Å². The van der Waals surface area contributed by atoms with Crippen molar-refractivity contribution in [3.05, 3.63) is 77.9 Å². The third-order valence-electron chi connectivity index (χ3n) is 6.85. The van der Waals surface area contributed by atoms with E-state index in [9.17, 15) is 9.59 Å². The summed E-state index contributed by atoms with van der Waals surface area (Å²) >= 11 is 0. The summed E-state index contributed by atoms with van der Waals surface area (Å²) in [5.41, 5.74) is 5.69. The van der Waals surface area contributed by atoms with Crippen LogP contribution in [0.2, 0.25) is 0 Å². The van der Waals surface area contributed by atoms with Gasteiger partial charge in [0.1, 0.15) is 6.54 Å². The van der Waals surface area contributed by atoms with Crippen LogP contribution in [0.1, 0.15) is 33.6 Å². The fourth-order valence-corrected chi connectivity index (χ4v) is 4.85. The number of unbranched alkanes of at least 4 members (excludes halogenated alkanes) is 1. The molecule has 3 aromatic carbocycles. The maximum atomic E-state index is 12.7. The summed E-state index contributed by atoms with van der Waals surface area (Å²) in [6, 6.07) is 22.5. The molecule has 0 bridgehead atoms. The number of nitrogens with zero attached hydrogens (tertiary/aromatic N) is 4. The Morgan fingerprint density at radius 3 is 1.69 bits per heavy atom. The molecule has 0 fully saturated rings. The minimum atomic E-state index is -0.180. The van der Waals surface area contributed by atoms with E-state index < -0.39 is 0 Å². The van der Waals surface area contributed by atoms with E-state index in [0.29, 0.717) is 17.7 Å². The number of benzene rings is 3. The Labute approximate surface area is 206 Å². The zero-order chi connectivity index (χ0) is 24.7. The maximum absolute atomic E-state index is 12.7. The Morgan fingerprint density at radius 1 is 0.686 bits per heavy atom. The second kappa shape index (κ2) is 9.02. The Kier molecular flexibility index (Phi) is 5.89. The molecule has 0 N–H and O–H groups in total. The van der Waals surface area contributed by atoms with Crippen molar-refractivity contribution in [1.82, 2.24) is 4.90 Å². The molecule has 4 aromatic rings. The molecule has 2 heterocycles. The predicted octanol–water partition coefficient (Wildman–Crippen LogP) is 4.49. The fraction of sp³-hybridized carbons (Fsp3) is 0.276. The topological polar surface area (TPSA) is 47.7 Å². The predicted molar refractivity (Wildman–Crippen MR) is 141 cm³/mol. The number of aryl methyl sites for hydroxylation is 1. The van der Waals surface area contributed by atoms with Crippen LogP contribution >= 0.6 is 0 Å². The van der Waals surface area contributed by atoms with Crippen molar-refractivity contribution >= 4 is 45.0 Å². The summed E-state index contributed by atoms with van der Waals surface area (Å²) in [7, 11) is 8.22. The first-order valence-electron chi connectivity index (χ1n) is 12.1. The highest BCUT2D eigenvalue weighted by molar-refractivity contribution is 6.21. The molecule has 5 rings (SSSR count). The minimum absolute atomic E-state index is 0.180. The average Bonchev–Trinajstić information content (AvgIpc) is 3.10. The number of amides is 2. The summed E-state index contributed by atoms with van der Waals surface area (Å²) in [6.45, 7) is 1.23. The van der Waals surface area contributed by atoms with Gasteiger partial charge in [-0.2, -0.15) is 4.57 Å². The van der Waals surface area contributed by atoms with E-state index in [4.69, 9.17) is 0 Å². The molecule has 0 unspecified atom stereocenters. The summed E-state index contributed by atoms with van der Waals surface area (Å²) in [5, 5.41) is 2.39. The molecule has 2 amide bonds. The normalized spacial score (nSPS) is 13.1. The molecule has 1 aromatic heterocycles. The first-order chi connectivity index (χ1) is 16.8. The Morgan fingerprint density at radius 2 is 1.20 bits per heavy atom. The van der Waals surface area contributed by atoms with Crippen LogP contribution in [0.5, 0.6) is 0 Å². The van der Waals surface area contributed by atoms with E-state index in [1.54, 1.807) is 24.3 Å². The van der Waals surface area contributed by atoms with Gasteiger partial charge in [-0.1, -0.05) is 12.1 Å². The Balaban J connectivity index is 1.44. The van der Waals surface area contributed by atoms with Crippen LogP contribution in [-0.2, 0) is 6.54 Å². The Bertz CT molecular complexity index is 1360. The lowest BCUT2D eigenvalue weighted by molar-refractivity contribution is -0.645. The second-order valence-corrected chi connectivity index (χ2v) is 9.59. The number of fused-ring (bicyclic) bond motifs is 3. The van der Waals surface area contributed by atoms with Gasteiger partial charge < -0.3 is 9.80 Å². The van der Waals surface area contributed by atoms with Gasteiger partial charge in [0.05, 0.1) is 11.1 Å². The first kappa shape index (κ1) is 22.8. The number of anilines is 2. The van der Waals surface area contributed by atoms with Crippen molar-refractivity contribution in [2.24, 2.45) is 0 Å². The lowest BCUT2D eigenvalue weighted by Crippen LogP contribution is -2.37. The molecule has 0 saturated heterocycles. The van der Waals surface area contributed by atoms with Crippen molar-refractivity contribution in [2.75, 3.05) is 44.5 Å². The van der Waals surface area contributed by atoms with E-state index in [2.05, 4.69) is 85.0 Å². The second-order valence-electron chi connectivity index (χ2n) is 9.59. The summed E-state index contributed by atoms with van der Waals surface area (Å²) in [6.07, 6.45) is 1.60. The van der Waals surface area contributed by atoms with Crippen LogP contribution < -0.4 is 14.4 Å².